The summed E-state index contributed by atoms with van der Waals surface area (Å²) in [4.78, 5) is 43.9. The van der Waals surface area contributed by atoms with Crippen LogP contribution in [0.4, 0.5) is 0 Å². The zero-order valence-corrected chi connectivity index (χ0v) is 29.2. The van der Waals surface area contributed by atoms with Crippen molar-refractivity contribution in [1.82, 2.24) is 5.32 Å². The van der Waals surface area contributed by atoms with Crippen LogP contribution >= 0.6 is 0 Å². The number of carbonyl (C=O) groups is 4. The van der Waals surface area contributed by atoms with E-state index in [-0.39, 0.29) is 13.2 Å². The second-order valence-electron chi connectivity index (χ2n) is 12.5. The van der Waals surface area contributed by atoms with Crippen LogP contribution in [0, 0.1) is 11.3 Å². The molecule has 0 aliphatic carbocycles. The van der Waals surface area contributed by atoms with E-state index in [0.29, 0.717) is 0 Å². The van der Waals surface area contributed by atoms with E-state index >= 15 is 0 Å². The summed E-state index contributed by atoms with van der Waals surface area (Å²) in [6, 6.07) is -1.06. The Bertz CT molecular complexity index is 1240. The molecular weight excluding hydrogens is 670 g/mol. The van der Waals surface area contributed by atoms with Crippen LogP contribution in [0.5, 0.6) is 0 Å². The quantitative estimate of drug-likeness (QED) is 0.0623. The zero-order valence-electron chi connectivity index (χ0n) is 28.4. The summed E-state index contributed by atoms with van der Waals surface area (Å²) in [7, 11) is -2.73. The molecule has 2 aliphatic rings. The van der Waals surface area contributed by atoms with Crippen LogP contribution in [0.1, 0.15) is 48.5 Å². The Hall–Kier alpha value is -2.37. The number of carbonyl (C=O) groups excluding carboxylic acids is 4. The molecule has 4 unspecified atom stereocenters. The van der Waals surface area contributed by atoms with Crippen molar-refractivity contribution < 1.29 is 85.2 Å². The number of aliphatic carboxylic acids is 1. The summed E-state index contributed by atoms with van der Waals surface area (Å²) in [5.41, 5.74) is -7.45. The van der Waals surface area contributed by atoms with Crippen molar-refractivity contribution in [3.8, 4) is 0 Å². The lowest BCUT2D eigenvalue weighted by atomic mass is 9.64. The average molecular weight is 718 g/mol. The van der Waals surface area contributed by atoms with Gasteiger partial charge in [-0.15, -0.1) is 0 Å². The standard InChI is InChI=1S/C24H43NO15S.C4H6O3/c1-13(27)25-16-14(19(39-41(32,33)34)22(3,10-26)38-15(16)9-35-6)8-37-12-23(4)18(29)17(28)21(2,11-36-7)24(5,40-23)20(30)31;1-3(5)7-4(2)6/h14-19,26,28-29H,8-12H2,1-7H3,(H,25,27)(H,30,31)(H,32,33,34);1-2H3/p-2/t14-,15-,16?,17-,18?,19+,21-,22?,23-,24?;/m0./s1. The molecule has 0 aromatic carbocycles. The van der Waals surface area contributed by atoms with Crippen molar-refractivity contribution in [2.75, 3.05) is 47.3 Å². The first-order chi connectivity index (χ1) is 21.9. The molecule has 2 aliphatic heterocycles. The van der Waals surface area contributed by atoms with Crippen LogP contribution in [0.3, 0.4) is 0 Å². The maximum atomic E-state index is 12.2. The molecule has 0 spiro atoms. The predicted octanol–water partition coefficient (Wildman–Crippen LogP) is -3.47. The van der Waals surface area contributed by atoms with E-state index in [1.54, 1.807) is 0 Å². The van der Waals surface area contributed by atoms with Crippen molar-refractivity contribution in [1.29, 1.82) is 0 Å². The molecule has 48 heavy (non-hydrogen) atoms. The van der Waals surface area contributed by atoms with Crippen LogP contribution in [0.25, 0.3) is 0 Å². The fourth-order valence-electron chi connectivity index (χ4n) is 5.88. The zero-order chi connectivity index (χ0) is 37.5. The third kappa shape index (κ3) is 10.3. The molecule has 4 N–H and O–H groups in total. The summed E-state index contributed by atoms with van der Waals surface area (Å²) in [5.74, 6) is -4.53. The Balaban J connectivity index is 0.00000148. The number of carboxylic acids is 1. The first-order valence-corrected chi connectivity index (χ1v) is 15.9. The number of hydrogen-bond donors (Lipinski definition) is 4. The van der Waals surface area contributed by atoms with E-state index in [9.17, 15) is 52.6 Å². The van der Waals surface area contributed by atoms with Gasteiger partial charge in [-0.05, 0) is 20.8 Å². The summed E-state index contributed by atoms with van der Waals surface area (Å²) in [5, 5.41) is 47.0. The van der Waals surface area contributed by atoms with Gasteiger partial charge in [-0.25, -0.2) is 8.42 Å². The number of methoxy groups -OCH3 is 2. The first-order valence-electron chi connectivity index (χ1n) is 14.6. The summed E-state index contributed by atoms with van der Waals surface area (Å²) >= 11 is 0. The smallest absolute Gasteiger partial charge is 0.310 e. The van der Waals surface area contributed by atoms with Crippen LogP contribution in [-0.2, 0) is 62.2 Å². The molecule has 2 rings (SSSR count). The van der Waals surface area contributed by atoms with Crippen molar-refractivity contribution in [2.45, 2.75) is 95.7 Å². The maximum absolute atomic E-state index is 12.2. The number of aliphatic hydroxyl groups is 3. The molecule has 1 amide bonds. The number of amides is 1. The minimum atomic E-state index is -5.36. The number of ether oxygens (including phenoxy) is 6. The number of hydrogen-bond acceptors (Lipinski definition) is 18. The largest absolute Gasteiger partial charge is 0.726 e. The molecule has 19 nitrogen and oxygen atoms in total. The second-order valence-corrected chi connectivity index (χ2v) is 13.5. The lowest BCUT2D eigenvalue weighted by Gasteiger charge is -2.59. The Morgan fingerprint density at radius 2 is 1.46 bits per heavy atom. The van der Waals surface area contributed by atoms with E-state index in [2.05, 4.69) is 10.1 Å². The predicted molar refractivity (Wildman–Crippen MR) is 156 cm³/mol. The van der Waals surface area contributed by atoms with Gasteiger partial charge in [0.1, 0.15) is 35.1 Å². The molecule has 10 atom stereocenters. The second kappa shape index (κ2) is 17.0. The fraction of sp³-hybridized carbons (Fsp3) is 0.857. The van der Waals surface area contributed by atoms with Crippen LogP contribution in [0.2, 0.25) is 0 Å². The van der Waals surface area contributed by atoms with Crippen molar-refractivity contribution in [3.63, 3.8) is 0 Å². The molecule has 0 aromatic rings. The third-order valence-corrected chi connectivity index (χ3v) is 8.88. The van der Waals surface area contributed by atoms with Gasteiger partial charge in [0.05, 0.1) is 56.6 Å². The minimum Gasteiger partial charge on any atom is -0.726 e. The van der Waals surface area contributed by atoms with Gasteiger partial charge >= 0.3 is 11.9 Å². The Morgan fingerprint density at radius 1 is 0.896 bits per heavy atom. The highest BCUT2D eigenvalue weighted by Gasteiger charge is 2.64. The molecule has 20 heteroatoms. The van der Waals surface area contributed by atoms with Crippen molar-refractivity contribution in [3.05, 3.63) is 0 Å². The lowest BCUT2D eigenvalue weighted by molar-refractivity contribution is -0.376. The average Bonchev–Trinajstić information content (AvgIpc) is 2.94. The van der Waals surface area contributed by atoms with E-state index in [0.717, 1.165) is 0 Å². The molecule has 0 radical (unpaired) electrons. The molecule has 0 saturated carbocycles. The van der Waals surface area contributed by atoms with E-state index in [1.165, 1.54) is 62.7 Å². The molecule has 0 bridgehead atoms. The Labute approximate surface area is 279 Å². The lowest BCUT2D eigenvalue weighted by Crippen LogP contribution is -2.76. The highest BCUT2D eigenvalue weighted by atomic mass is 32.3. The Kier molecular flexibility index (Phi) is 15.5. The van der Waals surface area contributed by atoms with Gasteiger partial charge in [-0.1, -0.05) is 6.92 Å². The maximum Gasteiger partial charge on any atom is 0.310 e. The minimum absolute atomic E-state index is 0.123. The van der Waals surface area contributed by atoms with Gasteiger partial charge < -0.3 is 63.5 Å². The number of rotatable bonds is 13. The molecule has 2 heterocycles. The van der Waals surface area contributed by atoms with E-state index in [4.69, 9.17) is 27.9 Å². The van der Waals surface area contributed by atoms with Gasteiger partial charge in [0.2, 0.25) is 16.3 Å². The Morgan fingerprint density at radius 3 is 1.85 bits per heavy atom. The van der Waals surface area contributed by atoms with Gasteiger partial charge in [-0.3, -0.25) is 18.6 Å². The van der Waals surface area contributed by atoms with Gasteiger partial charge in [-0.2, -0.15) is 0 Å². The van der Waals surface area contributed by atoms with Crippen molar-refractivity contribution >= 4 is 34.2 Å². The van der Waals surface area contributed by atoms with Crippen molar-refractivity contribution in [2.24, 2.45) is 11.3 Å². The van der Waals surface area contributed by atoms with Gasteiger partial charge in [0.25, 0.3) is 0 Å². The molecule has 280 valence electrons. The number of nitrogens with one attached hydrogen (secondary N) is 1. The van der Waals surface area contributed by atoms with Crippen LogP contribution in [0.15, 0.2) is 0 Å². The number of aliphatic hydroxyl groups excluding tert-OH is 3. The third-order valence-electron chi connectivity index (χ3n) is 8.43. The van der Waals surface area contributed by atoms with Gasteiger partial charge in [0, 0.05) is 40.9 Å². The van der Waals surface area contributed by atoms with Gasteiger partial charge in [0.15, 0.2) is 0 Å². The highest BCUT2D eigenvalue weighted by Crippen LogP contribution is 2.48. The fourth-order valence-corrected chi connectivity index (χ4v) is 6.48. The normalized spacial score (nSPS) is 36.7. The van der Waals surface area contributed by atoms with E-state index < -0.39 is 113 Å². The molecule has 0 aromatic heterocycles. The highest BCUT2D eigenvalue weighted by molar-refractivity contribution is 7.80. The van der Waals surface area contributed by atoms with E-state index in [1.807, 2.05) is 0 Å². The summed E-state index contributed by atoms with van der Waals surface area (Å²) < 4.78 is 71.6. The molecule has 2 saturated heterocycles. The first kappa shape index (κ1) is 43.7. The monoisotopic (exact) mass is 717 g/mol. The SMILES string of the molecule is CC(=O)OC(C)=O.COC[C@@H]1OC(C)(CO)[C@H](OS(=O)(=O)[O-])[C@@H](COC[C@]2(C)OC(C)(C(=O)[O-])[C@@](C)(COC)[C@@H](O)C2O)C1NC(C)=O. The molecule has 2 fully saturated rings. The summed E-state index contributed by atoms with van der Waals surface area (Å²) in [6.07, 6.45) is -6.02. The summed E-state index contributed by atoms with van der Waals surface area (Å²) in [6.45, 7) is 6.40. The number of carboxylic acid groups (broad SMARTS) is 1. The number of esters is 2. The topological polar surface area (TPSA) is 286 Å². The molecular formula is C28H47NO18S-2. The van der Waals surface area contributed by atoms with Crippen LogP contribution < -0.4 is 10.4 Å². The van der Waals surface area contributed by atoms with Crippen LogP contribution in [-0.4, -0.2) is 147 Å².